The second kappa shape index (κ2) is 6.80. The van der Waals surface area contributed by atoms with Crippen LogP contribution < -0.4 is 0 Å². The van der Waals surface area contributed by atoms with E-state index in [1.807, 2.05) is 6.20 Å². The summed E-state index contributed by atoms with van der Waals surface area (Å²) < 4.78 is 2.43. The van der Waals surface area contributed by atoms with Gasteiger partial charge in [0.1, 0.15) is 0 Å². The summed E-state index contributed by atoms with van der Waals surface area (Å²) in [5.41, 5.74) is 9.01. The Morgan fingerprint density at radius 2 is 1.54 bits per heavy atom. The maximum Gasteiger partial charge on any atom is 0.0710 e. The van der Waals surface area contributed by atoms with E-state index in [4.69, 9.17) is 4.98 Å². The zero-order valence-corrected chi connectivity index (χ0v) is 15.7. The molecule has 2 heteroatoms. The second-order valence-corrected chi connectivity index (χ2v) is 7.10. The van der Waals surface area contributed by atoms with Gasteiger partial charge in [-0.25, -0.2) is 0 Å². The first-order valence-corrected chi connectivity index (χ1v) is 9.16. The minimum Gasteiger partial charge on any atom is -0.339 e. The van der Waals surface area contributed by atoms with Crippen LogP contribution in [0.25, 0.3) is 10.9 Å². The van der Waals surface area contributed by atoms with Crippen molar-refractivity contribution in [3.8, 4) is 0 Å². The van der Waals surface area contributed by atoms with E-state index in [1.165, 1.54) is 38.9 Å². The quantitative estimate of drug-likeness (QED) is 0.473. The first kappa shape index (κ1) is 16.6. The molecule has 2 heterocycles. The molecular weight excluding hydrogens is 316 g/mol. The molecule has 0 aliphatic heterocycles. The highest BCUT2D eigenvalue weighted by Gasteiger charge is 2.15. The zero-order chi connectivity index (χ0) is 18.1. The molecule has 2 aromatic carbocycles. The lowest BCUT2D eigenvalue weighted by atomic mass is 10.1. The Bertz CT molecular complexity index is 1040. The Morgan fingerprint density at radius 1 is 0.808 bits per heavy atom. The normalized spacial score (nSPS) is 11.2. The molecule has 26 heavy (non-hydrogen) atoms. The third-order valence-corrected chi connectivity index (χ3v) is 5.30. The molecule has 0 aliphatic carbocycles. The van der Waals surface area contributed by atoms with Crippen LogP contribution in [0.15, 0.2) is 66.9 Å². The smallest absolute Gasteiger partial charge is 0.0710 e. The maximum absolute atomic E-state index is 4.75. The highest BCUT2D eigenvalue weighted by molar-refractivity contribution is 5.87. The molecule has 0 atom stereocenters. The third-order valence-electron chi connectivity index (χ3n) is 5.30. The monoisotopic (exact) mass is 340 g/mol. The molecule has 0 bridgehead atoms. The molecule has 0 saturated carbocycles. The molecule has 2 nitrogen and oxygen atoms in total. The first-order valence-electron chi connectivity index (χ1n) is 9.16. The fourth-order valence-electron chi connectivity index (χ4n) is 3.66. The predicted octanol–water partition coefficient (Wildman–Crippen LogP) is 5.60. The highest BCUT2D eigenvalue weighted by atomic mass is 15.0. The van der Waals surface area contributed by atoms with Crippen LogP contribution in [0.1, 0.15) is 33.6 Å². The Hall–Kier alpha value is -2.87. The lowest BCUT2D eigenvalue weighted by Gasteiger charge is -2.12. The van der Waals surface area contributed by atoms with Gasteiger partial charge in [0.15, 0.2) is 0 Å². The van der Waals surface area contributed by atoms with E-state index in [2.05, 4.69) is 86.0 Å². The molecule has 4 aromatic rings. The minimum atomic E-state index is 0.856. The summed E-state index contributed by atoms with van der Waals surface area (Å²) in [7, 11) is 0. The van der Waals surface area contributed by atoms with Crippen molar-refractivity contribution in [2.45, 2.75) is 33.7 Å². The number of aryl methyl sites for hydroxylation is 2. The van der Waals surface area contributed by atoms with Crippen molar-refractivity contribution in [3.05, 3.63) is 101 Å². The van der Waals surface area contributed by atoms with E-state index in [0.29, 0.717) is 0 Å². The van der Waals surface area contributed by atoms with Crippen LogP contribution in [0.5, 0.6) is 0 Å². The van der Waals surface area contributed by atoms with Gasteiger partial charge in [0.05, 0.1) is 11.2 Å². The van der Waals surface area contributed by atoms with Crippen molar-refractivity contribution in [1.29, 1.82) is 0 Å². The number of benzene rings is 2. The molecule has 0 amide bonds. The van der Waals surface area contributed by atoms with Crippen LogP contribution in [0, 0.1) is 20.8 Å². The molecule has 4 rings (SSSR count). The summed E-state index contributed by atoms with van der Waals surface area (Å²) in [5.74, 6) is 0. The summed E-state index contributed by atoms with van der Waals surface area (Å²) in [6, 6.07) is 21.6. The van der Waals surface area contributed by atoms with Gasteiger partial charge in [-0.05, 0) is 43.5 Å². The van der Waals surface area contributed by atoms with Crippen LogP contribution in [0.3, 0.4) is 0 Å². The number of hydrogen-bond acceptors (Lipinski definition) is 1. The molecule has 2 aromatic heterocycles. The van der Waals surface area contributed by atoms with E-state index in [0.717, 1.165) is 18.7 Å². The van der Waals surface area contributed by atoms with Gasteiger partial charge in [-0.15, -0.1) is 0 Å². The molecule has 0 unspecified atom stereocenters. The van der Waals surface area contributed by atoms with Crippen molar-refractivity contribution >= 4 is 10.9 Å². The van der Waals surface area contributed by atoms with Gasteiger partial charge in [0.2, 0.25) is 0 Å². The van der Waals surface area contributed by atoms with E-state index in [1.54, 1.807) is 0 Å². The summed E-state index contributed by atoms with van der Waals surface area (Å²) in [6.07, 6.45) is 2.80. The van der Waals surface area contributed by atoms with Gasteiger partial charge in [0, 0.05) is 30.2 Å². The largest absolute Gasteiger partial charge is 0.339 e. The fourth-order valence-corrected chi connectivity index (χ4v) is 3.66. The van der Waals surface area contributed by atoms with E-state index in [-0.39, 0.29) is 0 Å². The van der Waals surface area contributed by atoms with E-state index >= 15 is 0 Å². The molecule has 0 saturated heterocycles. The molecular formula is C24H24N2. The van der Waals surface area contributed by atoms with E-state index in [9.17, 15) is 0 Å². The molecule has 0 spiro atoms. The lowest BCUT2D eigenvalue weighted by Crippen LogP contribution is -2.05. The van der Waals surface area contributed by atoms with Crippen molar-refractivity contribution in [2.75, 3.05) is 0 Å². The van der Waals surface area contributed by atoms with Crippen LogP contribution >= 0.6 is 0 Å². The van der Waals surface area contributed by atoms with Crippen molar-refractivity contribution in [2.24, 2.45) is 0 Å². The van der Waals surface area contributed by atoms with Crippen LogP contribution in [-0.4, -0.2) is 9.55 Å². The summed E-state index contributed by atoms with van der Waals surface area (Å²) in [6.45, 7) is 7.45. The predicted molar refractivity (Wildman–Crippen MR) is 109 cm³/mol. The van der Waals surface area contributed by atoms with Gasteiger partial charge < -0.3 is 4.57 Å². The van der Waals surface area contributed by atoms with Crippen LogP contribution in [0.4, 0.5) is 0 Å². The number of hydrogen-bond donors (Lipinski definition) is 0. The van der Waals surface area contributed by atoms with Gasteiger partial charge >= 0.3 is 0 Å². The fraction of sp³-hybridized carbons (Fsp3) is 0.208. The number of pyridine rings is 1. The molecule has 0 aliphatic rings. The van der Waals surface area contributed by atoms with Gasteiger partial charge in [-0.1, -0.05) is 60.2 Å². The lowest BCUT2D eigenvalue weighted by molar-refractivity contribution is 0.793. The van der Waals surface area contributed by atoms with Crippen molar-refractivity contribution < 1.29 is 0 Å². The topological polar surface area (TPSA) is 17.8 Å². The third kappa shape index (κ3) is 3.03. The number of aromatic nitrogens is 2. The highest BCUT2D eigenvalue weighted by Crippen LogP contribution is 2.29. The number of fused-ring (bicyclic) bond motifs is 1. The first-order chi connectivity index (χ1) is 12.6. The maximum atomic E-state index is 4.75. The molecule has 0 fully saturated rings. The number of nitrogens with zero attached hydrogens (tertiary/aromatic N) is 2. The van der Waals surface area contributed by atoms with Crippen LogP contribution in [0.2, 0.25) is 0 Å². The number of rotatable bonds is 4. The van der Waals surface area contributed by atoms with Crippen molar-refractivity contribution in [3.63, 3.8) is 0 Å². The molecule has 0 N–H and O–H groups in total. The minimum absolute atomic E-state index is 0.856. The Kier molecular flexibility index (Phi) is 4.34. The molecule has 130 valence electrons. The van der Waals surface area contributed by atoms with E-state index < -0.39 is 0 Å². The Labute approximate surface area is 155 Å². The summed E-state index contributed by atoms with van der Waals surface area (Å²) in [4.78, 5) is 4.75. The Morgan fingerprint density at radius 3 is 2.27 bits per heavy atom. The summed E-state index contributed by atoms with van der Waals surface area (Å²) in [5, 5.41) is 1.32. The van der Waals surface area contributed by atoms with Crippen molar-refractivity contribution in [1.82, 2.24) is 9.55 Å². The molecule has 0 radical (unpaired) electrons. The van der Waals surface area contributed by atoms with Gasteiger partial charge in [-0.2, -0.15) is 0 Å². The average molecular weight is 340 g/mol. The zero-order valence-electron chi connectivity index (χ0n) is 15.7. The standard InChI is InChI=1S/C24H24N2/c1-17-9-11-21(12-10-17)16-26-19(3)18(2)22-13-14-25-23(24(22)26)15-20-7-5-4-6-8-20/h4-14H,15-16H2,1-3H3. The SMILES string of the molecule is Cc1ccc(Cn2c(C)c(C)c3ccnc(Cc4ccccc4)c32)cc1. The average Bonchev–Trinajstić information content (AvgIpc) is 2.90. The summed E-state index contributed by atoms with van der Waals surface area (Å²) >= 11 is 0. The van der Waals surface area contributed by atoms with Gasteiger partial charge in [0.25, 0.3) is 0 Å². The van der Waals surface area contributed by atoms with Crippen LogP contribution in [-0.2, 0) is 13.0 Å². The Balaban J connectivity index is 1.83. The van der Waals surface area contributed by atoms with Gasteiger partial charge in [-0.3, -0.25) is 4.98 Å². The second-order valence-electron chi connectivity index (χ2n) is 7.10.